The molecule has 2 aromatic heterocycles. The lowest BCUT2D eigenvalue weighted by Crippen LogP contribution is -2.51. The monoisotopic (exact) mass is 427 g/mol. The van der Waals surface area contributed by atoms with E-state index in [1.165, 1.54) is 0 Å². The Hall–Kier alpha value is -3.04. The van der Waals surface area contributed by atoms with E-state index in [1.54, 1.807) is 28.4 Å². The van der Waals surface area contributed by atoms with Gasteiger partial charge in [0.1, 0.15) is 31.1 Å². The van der Waals surface area contributed by atoms with Gasteiger partial charge in [-0.2, -0.15) is 16.4 Å². The van der Waals surface area contributed by atoms with Gasteiger partial charge >= 0.3 is 0 Å². The van der Waals surface area contributed by atoms with Gasteiger partial charge in [0.05, 0.1) is 12.2 Å². The predicted molar refractivity (Wildman–Crippen MR) is 110 cm³/mol. The van der Waals surface area contributed by atoms with Crippen LogP contribution in [-0.4, -0.2) is 64.6 Å². The van der Waals surface area contributed by atoms with Crippen LogP contribution in [0.4, 0.5) is 0 Å². The number of benzene rings is 1. The van der Waals surface area contributed by atoms with Crippen molar-refractivity contribution in [3.8, 4) is 28.5 Å². The summed E-state index contributed by atoms with van der Waals surface area (Å²) in [4.78, 5) is 14.5. The van der Waals surface area contributed by atoms with Gasteiger partial charge in [-0.3, -0.25) is 9.89 Å². The van der Waals surface area contributed by atoms with E-state index >= 15 is 0 Å². The topological polar surface area (TPSA) is 96.9 Å². The van der Waals surface area contributed by atoms with Gasteiger partial charge in [0.2, 0.25) is 5.75 Å². The first kappa shape index (κ1) is 19.0. The fourth-order valence-electron chi connectivity index (χ4n) is 3.69. The van der Waals surface area contributed by atoms with Crippen molar-refractivity contribution in [2.24, 2.45) is 0 Å². The van der Waals surface area contributed by atoms with Gasteiger partial charge in [-0.25, -0.2) is 0 Å². The summed E-state index contributed by atoms with van der Waals surface area (Å²) < 4.78 is 17.3. The van der Waals surface area contributed by atoms with Gasteiger partial charge in [-0.05, 0) is 29.6 Å². The number of piperidine rings is 1. The Labute approximate surface area is 177 Å². The van der Waals surface area contributed by atoms with E-state index in [9.17, 15) is 9.90 Å². The molecule has 156 valence electrons. The number of aromatic nitrogens is 2. The summed E-state index contributed by atoms with van der Waals surface area (Å²) >= 11 is 1.58. The van der Waals surface area contributed by atoms with Gasteiger partial charge in [0.25, 0.3) is 5.91 Å². The standard InChI is InChI=1S/C21H21N3O5S/c25-16-11-24(21(26)15-10-14(22-23-15)13-5-9-30-12-13)6-4-17(16)29-19-3-1-2-18-20(19)28-8-7-27-18/h1-3,5,9-10,12,16-17,25H,4,6-8,11H2,(H,22,23)/t16-,17-/m1/s1. The Morgan fingerprint density at radius 1 is 1.30 bits per heavy atom. The number of β-amino-alcohol motifs (C(OH)–C–C–N with tert-alkyl or cyclic N) is 1. The Morgan fingerprint density at radius 3 is 3.03 bits per heavy atom. The third-order valence-corrected chi connectivity index (χ3v) is 5.92. The summed E-state index contributed by atoms with van der Waals surface area (Å²) in [7, 11) is 0. The highest BCUT2D eigenvalue weighted by atomic mass is 32.1. The molecule has 9 heteroatoms. The van der Waals surface area contributed by atoms with Crippen LogP contribution in [0.3, 0.4) is 0 Å². The van der Waals surface area contributed by atoms with Crippen LogP contribution >= 0.6 is 11.3 Å². The van der Waals surface area contributed by atoms with Crippen molar-refractivity contribution in [3.63, 3.8) is 0 Å². The molecule has 5 rings (SSSR count). The number of rotatable bonds is 4. The third-order valence-electron chi connectivity index (χ3n) is 5.24. The van der Waals surface area contributed by atoms with E-state index in [2.05, 4.69) is 10.2 Å². The van der Waals surface area contributed by atoms with Gasteiger partial charge in [-0.15, -0.1) is 0 Å². The second-order valence-electron chi connectivity index (χ2n) is 7.22. The Morgan fingerprint density at radius 2 is 2.20 bits per heavy atom. The van der Waals surface area contributed by atoms with Crippen molar-refractivity contribution < 1.29 is 24.1 Å². The van der Waals surface area contributed by atoms with Gasteiger partial charge < -0.3 is 24.2 Å². The molecule has 3 aromatic rings. The number of carbonyl (C=O) groups excluding carboxylic acids is 1. The van der Waals surface area contributed by atoms with Crippen molar-refractivity contribution >= 4 is 17.2 Å². The van der Waals surface area contributed by atoms with Crippen molar-refractivity contribution in [3.05, 3.63) is 46.8 Å². The smallest absolute Gasteiger partial charge is 0.271 e. The zero-order chi connectivity index (χ0) is 20.5. The summed E-state index contributed by atoms with van der Waals surface area (Å²) in [6.45, 7) is 1.62. The number of aromatic amines is 1. The molecule has 0 spiro atoms. The van der Waals surface area contributed by atoms with E-state index in [0.717, 1.165) is 11.3 Å². The third kappa shape index (κ3) is 3.61. The lowest BCUT2D eigenvalue weighted by molar-refractivity contribution is -0.0216. The van der Waals surface area contributed by atoms with Crippen molar-refractivity contribution in [1.29, 1.82) is 0 Å². The van der Waals surface area contributed by atoms with Crippen LogP contribution in [0.15, 0.2) is 41.1 Å². The second-order valence-corrected chi connectivity index (χ2v) is 8.00. The zero-order valence-corrected chi connectivity index (χ0v) is 16.9. The van der Waals surface area contributed by atoms with Crippen LogP contribution in [-0.2, 0) is 0 Å². The summed E-state index contributed by atoms with van der Waals surface area (Å²) in [5.41, 5.74) is 2.11. The highest BCUT2D eigenvalue weighted by molar-refractivity contribution is 7.08. The molecule has 0 bridgehead atoms. The molecular weight excluding hydrogens is 406 g/mol. The number of hydrogen-bond donors (Lipinski definition) is 2. The molecule has 0 saturated carbocycles. The number of hydrogen-bond acceptors (Lipinski definition) is 7. The number of thiophene rings is 1. The minimum Gasteiger partial charge on any atom is -0.486 e. The first-order valence-electron chi connectivity index (χ1n) is 9.79. The lowest BCUT2D eigenvalue weighted by atomic mass is 10.0. The van der Waals surface area contributed by atoms with E-state index in [0.29, 0.717) is 49.1 Å². The van der Waals surface area contributed by atoms with Gasteiger partial charge in [0, 0.05) is 23.9 Å². The fraction of sp³-hybridized carbons (Fsp3) is 0.333. The number of aliphatic hydroxyl groups excluding tert-OH is 1. The number of nitrogens with zero attached hydrogens (tertiary/aromatic N) is 2. The first-order chi connectivity index (χ1) is 14.7. The van der Waals surface area contributed by atoms with Crippen molar-refractivity contribution in [2.45, 2.75) is 18.6 Å². The number of nitrogens with one attached hydrogen (secondary N) is 1. The molecule has 0 unspecified atom stereocenters. The maximum absolute atomic E-state index is 12.9. The summed E-state index contributed by atoms with van der Waals surface area (Å²) in [6, 6.07) is 9.16. The Balaban J connectivity index is 1.24. The molecule has 0 aliphatic carbocycles. The molecular formula is C21H21N3O5S. The number of carbonyl (C=O) groups is 1. The van der Waals surface area contributed by atoms with Gasteiger partial charge in [0.15, 0.2) is 11.5 Å². The second kappa shape index (κ2) is 8.00. The fourth-order valence-corrected chi connectivity index (χ4v) is 4.34. The highest BCUT2D eigenvalue weighted by Crippen LogP contribution is 2.40. The molecule has 2 aliphatic heterocycles. The number of aliphatic hydroxyl groups is 1. The van der Waals surface area contributed by atoms with Crippen molar-refractivity contribution in [1.82, 2.24) is 15.1 Å². The molecule has 1 saturated heterocycles. The molecule has 2 aliphatic rings. The van der Waals surface area contributed by atoms with Crippen LogP contribution in [0.1, 0.15) is 16.9 Å². The summed E-state index contributed by atoms with van der Waals surface area (Å²) in [6.07, 6.45) is -0.750. The van der Waals surface area contributed by atoms with E-state index in [-0.39, 0.29) is 12.5 Å². The number of H-pyrrole nitrogens is 1. The maximum atomic E-state index is 12.9. The van der Waals surface area contributed by atoms with Crippen LogP contribution in [0.25, 0.3) is 11.3 Å². The number of para-hydroxylation sites is 1. The molecule has 1 aromatic carbocycles. The predicted octanol–water partition coefficient (Wildman–Crippen LogP) is 2.56. The van der Waals surface area contributed by atoms with Crippen molar-refractivity contribution in [2.75, 3.05) is 26.3 Å². The van der Waals surface area contributed by atoms with Crippen LogP contribution < -0.4 is 14.2 Å². The SMILES string of the molecule is O=C(c1cc(-c2ccsc2)n[nH]1)N1CC[C@@H](Oc2cccc3c2OCCO3)[C@H](O)C1. The highest BCUT2D eigenvalue weighted by Gasteiger charge is 2.33. The minimum atomic E-state index is -0.817. The molecule has 4 heterocycles. The molecule has 0 radical (unpaired) electrons. The quantitative estimate of drug-likeness (QED) is 0.664. The van der Waals surface area contributed by atoms with E-state index in [1.807, 2.05) is 29.0 Å². The largest absolute Gasteiger partial charge is 0.486 e. The molecule has 2 atom stereocenters. The minimum absolute atomic E-state index is 0.183. The number of amides is 1. The van der Waals surface area contributed by atoms with Crippen LogP contribution in [0.2, 0.25) is 0 Å². The summed E-state index contributed by atoms with van der Waals surface area (Å²) in [5.74, 6) is 1.56. The zero-order valence-electron chi connectivity index (χ0n) is 16.1. The normalized spacial score (nSPS) is 20.8. The average Bonchev–Trinajstić information content (AvgIpc) is 3.47. The molecule has 8 nitrogen and oxygen atoms in total. The summed E-state index contributed by atoms with van der Waals surface area (Å²) in [5, 5.41) is 21.6. The maximum Gasteiger partial charge on any atom is 0.271 e. The van der Waals surface area contributed by atoms with Crippen LogP contribution in [0.5, 0.6) is 17.2 Å². The average molecular weight is 427 g/mol. The van der Waals surface area contributed by atoms with Crippen LogP contribution in [0, 0.1) is 0 Å². The number of ether oxygens (including phenoxy) is 3. The molecule has 1 fully saturated rings. The molecule has 2 N–H and O–H groups in total. The Kier molecular flexibility index (Phi) is 5.06. The van der Waals surface area contributed by atoms with Gasteiger partial charge in [-0.1, -0.05) is 6.07 Å². The number of fused-ring (bicyclic) bond motifs is 1. The lowest BCUT2D eigenvalue weighted by Gasteiger charge is -2.36. The first-order valence-corrected chi connectivity index (χ1v) is 10.7. The van der Waals surface area contributed by atoms with E-state index in [4.69, 9.17) is 14.2 Å². The molecule has 1 amide bonds. The number of likely N-dealkylation sites (tertiary alicyclic amines) is 1. The molecule has 30 heavy (non-hydrogen) atoms. The Bertz CT molecular complexity index is 1040. The van der Waals surface area contributed by atoms with E-state index < -0.39 is 12.2 Å².